The molecule has 0 radical (unpaired) electrons. The maximum absolute atomic E-state index is 12.4. The van der Waals surface area contributed by atoms with Crippen LogP contribution in [0.15, 0.2) is 66.9 Å². The average Bonchev–Trinajstić information content (AvgIpc) is 2.56. The number of para-hydroxylation sites is 1. The maximum atomic E-state index is 12.4. The first-order valence-electron chi connectivity index (χ1n) is 7.01. The fraction of sp³-hybridized carbons (Fsp3) is 0.111. The Labute approximate surface area is 128 Å². The van der Waals surface area contributed by atoms with Gasteiger partial charge in [0.05, 0.1) is 17.4 Å². The molecule has 2 aromatic carbocycles. The van der Waals surface area contributed by atoms with Crippen molar-refractivity contribution in [2.75, 3.05) is 12.4 Å². The van der Waals surface area contributed by atoms with Crippen LogP contribution in [0.2, 0.25) is 0 Å². The number of methoxy groups -OCH3 is 1. The van der Waals surface area contributed by atoms with Crippen molar-refractivity contribution >= 4 is 22.5 Å². The van der Waals surface area contributed by atoms with Crippen molar-refractivity contribution in [3.8, 4) is 0 Å². The van der Waals surface area contributed by atoms with Crippen LogP contribution in [-0.2, 0) is 9.53 Å². The number of carbonyl (C=O) groups is 1. The number of benzene rings is 2. The van der Waals surface area contributed by atoms with E-state index in [0.717, 1.165) is 16.5 Å². The Bertz CT molecular complexity index is 787. The van der Waals surface area contributed by atoms with Crippen LogP contribution >= 0.6 is 0 Å². The summed E-state index contributed by atoms with van der Waals surface area (Å²) in [6, 6.07) is 19.1. The van der Waals surface area contributed by atoms with Crippen LogP contribution in [0.5, 0.6) is 0 Å². The number of pyridine rings is 1. The van der Waals surface area contributed by atoms with Gasteiger partial charge in [-0.05, 0) is 17.7 Å². The lowest BCUT2D eigenvalue weighted by Crippen LogP contribution is -2.22. The molecular weight excluding hydrogens is 276 g/mol. The Morgan fingerprint density at radius 2 is 1.82 bits per heavy atom. The fourth-order valence-corrected chi connectivity index (χ4v) is 2.37. The van der Waals surface area contributed by atoms with E-state index in [-0.39, 0.29) is 5.91 Å². The molecule has 1 aromatic heterocycles. The molecule has 0 spiro atoms. The Balaban J connectivity index is 1.82. The summed E-state index contributed by atoms with van der Waals surface area (Å²) in [5.41, 5.74) is 2.37. The summed E-state index contributed by atoms with van der Waals surface area (Å²) in [6.45, 7) is 0. The third-order valence-electron chi connectivity index (χ3n) is 3.43. The molecule has 22 heavy (non-hydrogen) atoms. The molecule has 0 aliphatic rings. The van der Waals surface area contributed by atoms with Crippen LogP contribution in [0.4, 0.5) is 5.69 Å². The van der Waals surface area contributed by atoms with Crippen molar-refractivity contribution in [3.63, 3.8) is 0 Å². The number of fused-ring (bicyclic) bond motifs is 1. The molecule has 0 saturated heterocycles. The molecule has 4 nitrogen and oxygen atoms in total. The first-order chi connectivity index (χ1) is 10.8. The number of rotatable bonds is 4. The molecule has 0 saturated carbocycles. The van der Waals surface area contributed by atoms with Crippen LogP contribution in [0, 0.1) is 0 Å². The molecule has 3 rings (SSSR count). The monoisotopic (exact) mass is 292 g/mol. The van der Waals surface area contributed by atoms with E-state index in [2.05, 4.69) is 10.3 Å². The molecule has 0 unspecified atom stereocenters. The summed E-state index contributed by atoms with van der Waals surface area (Å²) in [4.78, 5) is 16.8. The highest BCUT2D eigenvalue weighted by Crippen LogP contribution is 2.20. The summed E-state index contributed by atoms with van der Waals surface area (Å²) in [5.74, 6) is -0.217. The number of amides is 1. The van der Waals surface area contributed by atoms with Crippen molar-refractivity contribution in [1.82, 2.24) is 4.98 Å². The summed E-state index contributed by atoms with van der Waals surface area (Å²) >= 11 is 0. The number of ether oxygens (including phenoxy) is 1. The van der Waals surface area contributed by atoms with E-state index in [9.17, 15) is 4.79 Å². The van der Waals surface area contributed by atoms with Gasteiger partial charge in [0.25, 0.3) is 5.91 Å². The van der Waals surface area contributed by atoms with Crippen molar-refractivity contribution < 1.29 is 9.53 Å². The van der Waals surface area contributed by atoms with Crippen LogP contribution in [0.1, 0.15) is 11.7 Å². The van der Waals surface area contributed by atoms with Gasteiger partial charge in [0.15, 0.2) is 6.10 Å². The molecule has 3 aromatic rings. The van der Waals surface area contributed by atoms with Crippen LogP contribution in [0.3, 0.4) is 0 Å². The second kappa shape index (κ2) is 6.37. The molecular formula is C18H16N2O2. The second-order valence-corrected chi connectivity index (χ2v) is 4.93. The number of nitrogens with one attached hydrogen (secondary N) is 1. The highest BCUT2D eigenvalue weighted by Gasteiger charge is 2.19. The lowest BCUT2D eigenvalue weighted by atomic mass is 10.1. The van der Waals surface area contributed by atoms with Crippen molar-refractivity contribution in [3.05, 3.63) is 72.4 Å². The maximum Gasteiger partial charge on any atom is 0.258 e. The van der Waals surface area contributed by atoms with Crippen molar-refractivity contribution in [2.24, 2.45) is 0 Å². The minimum absolute atomic E-state index is 0.217. The van der Waals surface area contributed by atoms with E-state index >= 15 is 0 Å². The Morgan fingerprint density at radius 1 is 1.09 bits per heavy atom. The molecule has 0 fully saturated rings. The van der Waals surface area contributed by atoms with Crippen LogP contribution in [-0.4, -0.2) is 18.0 Å². The quantitative estimate of drug-likeness (QED) is 0.800. The standard InChI is InChI=1S/C18H16N2O2/c1-22-17(13-7-3-2-4-8-13)18(21)20-15-11-14-9-5-6-10-16(14)19-12-15/h2-12,17H,1H3,(H,20,21)/t17-/m1/s1. The zero-order valence-electron chi connectivity index (χ0n) is 12.2. The number of carbonyl (C=O) groups excluding carboxylic acids is 1. The molecule has 1 N–H and O–H groups in total. The normalized spacial score (nSPS) is 12.0. The van der Waals surface area contributed by atoms with E-state index in [0.29, 0.717) is 5.69 Å². The highest BCUT2D eigenvalue weighted by molar-refractivity contribution is 5.96. The highest BCUT2D eigenvalue weighted by atomic mass is 16.5. The minimum Gasteiger partial charge on any atom is -0.367 e. The van der Waals surface area contributed by atoms with Crippen LogP contribution < -0.4 is 5.32 Å². The van der Waals surface area contributed by atoms with Gasteiger partial charge < -0.3 is 10.1 Å². The van der Waals surface area contributed by atoms with Crippen molar-refractivity contribution in [2.45, 2.75) is 6.10 Å². The van der Waals surface area contributed by atoms with Gasteiger partial charge in [0.2, 0.25) is 0 Å². The summed E-state index contributed by atoms with van der Waals surface area (Å²) in [5, 5.41) is 3.84. The molecule has 4 heteroatoms. The molecule has 0 bridgehead atoms. The molecule has 110 valence electrons. The number of anilines is 1. The lowest BCUT2D eigenvalue weighted by molar-refractivity contribution is -0.126. The topological polar surface area (TPSA) is 51.2 Å². The second-order valence-electron chi connectivity index (χ2n) is 4.93. The van der Waals surface area contributed by atoms with E-state index in [1.807, 2.05) is 60.7 Å². The van der Waals surface area contributed by atoms with Gasteiger partial charge in [-0.3, -0.25) is 9.78 Å². The Morgan fingerprint density at radius 3 is 2.59 bits per heavy atom. The van der Waals surface area contributed by atoms with Gasteiger partial charge in [-0.25, -0.2) is 0 Å². The van der Waals surface area contributed by atoms with E-state index in [1.165, 1.54) is 7.11 Å². The van der Waals surface area contributed by atoms with E-state index in [1.54, 1.807) is 6.20 Å². The number of nitrogens with zero attached hydrogens (tertiary/aromatic N) is 1. The SMILES string of the molecule is CO[C@@H](C(=O)Nc1cnc2ccccc2c1)c1ccccc1. The summed E-state index contributed by atoms with van der Waals surface area (Å²) < 4.78 is 5.33. The largest absolute Gasteiger partial charge is 0.367 e. The smallest absolute Gasteiger partial charge is 0.258 e. The first kappa shape index (κ1) is 14.2. The lowest BCUT2D eigenvalue weighted by Gasteiger charge is -2.15. The predicted octanol–water partition coefficient (Wildman–Crippen LogP) is 3.56. The third kappa shape index (κ3) is 2.97. The third-order valence-corrected chi connectivity index (χ3v) is 3.43. The van der Waals surface area contributed by atoms with Gasteiger partial charge in [-0.2, -0.15) is 0 Å². The first-order valence-corrected chi connectivity index (χ1v) is 7.01. The summed E-state index contributed by atoms with van der Waals surface area (Å²) in [7, 11) is 1.52. The van der Waals surface area contributed by atoms with Crippen LogP contribution in [0.25, 0.3) is 10.9 Å². The number of hydrogen-bond donors (Lipinski definition) is 1. The van der Waals surface area contributed by atoms with Gasteiger partial charge in [0.1, 0.15) is 0 Å². The van der Waals surface area contributed by atoms with E-state index in [4.69, 9.17) is 4.74 Å². The summed E-state index contributed by atoms with van der Waals surface area (Å²) in [6.07, 6.45) is 1.01. The zero-order chi connectivity index (χ0) is 15.4. The molecule has 1 heterocycles. The zero-order valence-corrected chi connectivity index (χ0v) is 12.2. The molecule has 0 aliphatic heterocycles. The minimum atomic E-state index is -0.646. The number of hydrogen-bond acceptors (Lipinski definition) is 3. The molecule has 1 atom stereocenters. The Hall–Kier alpha value is -2.72. The van der Waals surface area contributed by atoms with Gasteiger partial charge >= 0.3 is 0 Å². The van der Waals surface area contributed by atoms with Gasteiger partial charge in [-0.1, -0.05) is 48.5 Å². The van der Waals surface area contributed by atoms with Gasteiger partial charge in [-0.15, -0.1) is 0 Å². The van der Waals surface area contributed by atoms with E-state index < -0.39 is 6.10 Å². The molecule has 1 amide bonds. The predicted molar refractivity (Wildman–Crippen MR) is 86.6 cm³/mol. The van der Waals surface area contributed by atoms with Gasteiger partial charge in [0, 0.05) is 12.5 Å². The number of aromatic nitrogens is 1. The van der Waals surface area contributed by atoms with Crippen molar-refractivity contribution in [1.29, 1.82) is 0 Å². The fourth-order valence-electron chi connectivity index (χ4n) is 2.37. The Kier molecular flexibility index (Phi) is 4.12. The average molecular weight is 292 g/mol. The molecule has 0 aliphatic carbocycles.